The van der Waals surface area contributed by atoms with Gasteiger partial charge in [0.05, 0.1) is 0 Å². The zero-order valence-corrected chi connectivity index (χ0v) is 14.7. The van der Waals surface area contributed by atoms with Gasteiger partial charge in [-0.05, 0) is 25.1 Å². The van der Waals surface area contributed by atoms with E-state index in [0.717, 1.165) is 0 Å². The van der Waals surface area contributed by atoms with E-state index in [1.54, 1.807) is 0 Å². The third kappa shape index (κ3) is 4.69. The summed E-state index contributed by atoms with van der Waals surface area (Å²) in [5.41, 5.74) is 0. The highest BCUT2D eigenvalue weighted by Gasteiger charge is 2.60. The molecule has 7 atom stereocenters. The SMILES string of the molecule is CC(C)C[Si](C)(C)OC(O)OC1(O)[C@H](O)[C@H](O)C(O)[C@H](O)[C@H]1O. The van der Waals surface area contributed by atoms with Crippen LogP contribution in [0.5, 0.6) is 0 Å². The fourth-order valence-corrected chi connectivity index (χ4v) is 5.53. The van der Waals surface area contributed by atoms with Crippen molar-refractivity contribution in [3.05, 3.63) is 0 Å². The molecule has 1 aliphatic rings. The van der Waals surface area contributed by atoms with Crippen LogP contribution < -0.4 is 0 Å². The average molecular weight is 356 g/mol. The first kappa shape index (κ1) is 20.9. The van der Waals surface area contributed by atoms with E-state index in [0.29, 0.717) is 12.0 Å². The van der Waals surface area contributed by atoms with Crippen molar-refractivity contribution in [2.45, 2.75) is 75.8 Å². The second-order valence-electron chi connectivity index (χ2n) is 7.01. The molecule has 9 nitrogen and oxygen atoms in total. The van der Waals surface area contributed by atoms with Gasteiger partial charge in [0.2, 0.25) is 5.79 Å². The molecule has 1 fully saturated rings. The Morgan fingerprint density at radius 3 is 1.78 bits per heavy atom. The minimum Gasteiger partial charge on any atom is -0.387 e. The lowest BCUT2D eigenvalue weighted by Crippen LogP contribution is -2.72. The van der Waals surface area contributed by atoms with Crippen LogP contribution >= 0.6 is 0 Å². The average Bonchev–Trinajstić information content (AvgIpc) is 2.39. The first-order chi connectivity index (χ1) is 10.3. The predicted octanol–water partition coefficient (Wildman–Crippen LogP) is -2.34. The van der Waals surface area contributed by atoms with Crippen molar-refractivity contribution >= 4 is 8.32 Å². The van der Waals surface area contributed by atoms with Gasteiger partial charge in [0.25, 0.3) is 6.48 Å². The van der Waals surface area contributed by atoms with Crippen molar-refractivity contribution in [3.8, 4) is 0 Å². The molecule has 10 heteroatoms. The van der Waals surface area contributed by atoms with Gasteiger partial charge in [0.1, 0.15) is 30.5 Å². The molecule has 0 radical (unpaired) electrons. The summed E-state index contributed by atoms with van der Waals surface area (Å²) in [5.74, 6) is -2.60. The van der Waals surface area contributed by atoms with Crippen molar-refractivity contribution in [3.63, 3.8) is 0 Å². The lowest BCUT2D eigenvalue weighted by Gasteiger charge is -2.47. The zero-order valence-electron chi connectivity index (χ0n) is 13.7. The molecular weight excluding hydrogens is 328 g/mol. The van der Waals surface area contributed by atoms with E-state index >= 15 is 0 Å². The summed E-state index contributed by atoms with van der Waals surface area (Å²) in [4.78, 5) is 0. The number of aliphatic hydroxyl groups is 7. The van der Waals surface area contributed by atoms with Crippen LogP contribution in [0.3, 0.4) is 0 Å². The third-order valence-electron chi connectivity index (χ3n) is 3.80. The standard InChI is InChI=1S/C13H28O9Si/c1-6(2)5-23(3,4)22-12(19)21-13(20)10(17)8(15)7(14)9(16)11(13)18/h6-12,14-20H,5H2,1-4H3/t7?,8-,9+,10-,11-,12?,13?/m1/s1. The van der Waals surface area contributed by atoms with Crippen LogP contribution in [0.25, 0.3) is 0 Å². The summed E-state index contributed by atoms with van der Waals surface area (Å²) in [5, 5.41) is 68.5. The Labute approximate surface area is 135 Å². The Bertz CT molecular complexity index is 376. The quantitative estimate of drug-likeness (QED) is 0.204. The van der Waals surface area contributed by atoms with Crippen LogP contribution in [-0.4, -0.2) is 86.8 Å². The molecule has 3 unspecified atom stereocenters. The smallest absolute Gasteiger partial charge is 0.262 e. The molecule has 0 aromatic carbocycles. The molecular formula is C13H28O9Si. The normalized spacial score (nSPS) is 40.4. The maximum absolute atomic E-state index is 10.2. The summed E-state index contributed by atoms with van der Waals surface area (Å²) in [6.45, 7) is 5.58. The molecule has 7 N–H and O–H groups in total. The van der Waals surface area contributed by atoms with Gasteiger partial charge in [-0.1, -0.05) is 13.8 Å². The van der Waals surface area contributed by atoms with Crippen LogP contribution in [0.2, 0.25) is 19.1 Å². The van der Waals surface area contributed by atoms with Crippen LogP contribution in [-0.2, 0) is 9.16 Å². The summed E-state index contributed by atoms with van der Waals surface area (Å²) in [6.07, 6.45) is -10.2. The zero-order chi connectivity index (χ0) is 18.2. The number of hydrogen-bond donors (Lipinski definition) is 7. The largest absolute Gasteiger partial charge is 0.387 e. The number of rotatable bonds is 6. The molecule has 1 rings (SSSR count). The molecule has 0 aromatic heterocycles. The van der Waals surface area contributed by atoms with E-state index in [4.69, 9.17) is 9.16 Å². The van der Waals surface area contributed by atoms with E-state index in [-0.39, 0.29) is 0 Å². The second kappa shape index (κ2) is 7.40. The van der Waals surface area contributed by atoms with E-state index in [1.165, 1.54) is 0 Å². The molecule has 0 heterocycles. The maximum Gasteiger partial charge on any atom is 0.262 e. The molecule has 23 heavy (non-hydrogen) atoms. The van der Waals surface area contributed by atoms with Gasteiger partial charge in [-0.2, -0.15) is 0 Å². The van der Waals surface area contributed by atoms with E-state index in [9.17, 15) is 35.7 Å². The topological polar surface area (TPSA) is 160 Å². The van der Waals surface area contributed by atoms with Crippen LogP contribution in [0, 0.1) is 5.92 Å². The summed E-state index contributed by atoms with van der Waals surface area (Å²) in [7, 11) is -2.36. The second-order valence-corrected chi connectivity index (χ2v) is 11.2. The lowest BCUT2D eigenvalue weighted by atomic mass is 9.82. The van der Waals surface area contributed by atoms with E-state index < -0.39 is 51.1 Å². The molecule has 0 aliphatic heterocycles. The van der Waals surface area contributed by atoms with Gasteiger partial charge < -0.3 is 40.2 Å². The van der Waals surface area contributed by atoms with Crippen molar-refractivity contribution in [2.75, 3.05) is 0 Å². The first-order valence-electron chi connectivity index (χ1n) is 7.48. The number of aliphatic hydroxyl groups excluding tert-OH is 6. The minimum atomic E-state index is -2.90. The van der Waals surface area contributed by atoms with Crippen molar-refractivity contribution in [1.82, 2.24) is 0 Å². The number of hydrogen-bond acceptors (Lipinski definition) is 9. The first-order valence-corrected chi connectivity index (χ1v) is 10.6. The summed E-state index contributed by atoms with van der Waals surface area (Å²) >= 11 is 0. The van der Waals surface area contributed by atoms with E-state index in [1.807, 2.05) is 26.9 Å². The predicted molar refractivity (Wildman–Crippen MR) is 80.3 cm³/mol. The molecule has 0 spiro atoms. The minimum absolute atomic E-state index is 0.302. The monoisotopic (exact) mass is 356 g/mol. The molecule has 1 saturated carbocycles. The molecule has 1 aliphatic carbocycles. The fourth-order valence-electron chi connectivity index (χ4n) is 2.87. The molecule has 0 bridgehead atoms. The fraction of sp³-hybridized carbons (Fsp3) is 1.00. The molecule has 0 saturated heterocycles. The molecule has 0 aromatic rings. The highest BCUT2D eigenvalue weighted by molar-refractivity contribution is 6.71. The highest BCUT2D eigenvalue weighted by Crippen LogP contribution is 2.33. The molecule has 138 valence electrons. The van der Waals surface area contributed by atoms with Crippen LogP contribution in [0.4, 0.5) is 0 Å². The Balaban J connectivity index is 2.83. The van der Waals surface area contributed by atoms with E-state index in [2.05, 4.69) is 0 Å². The Hall–Kier alpha value is -0.143. The van der Waals surface area contributed by atoms with Crippen molar-refractivity contribution < 1.29 is 44.9 Å². The van der Waals surface area contributed by atoms with Gasteiger partial charge in [-0.25, -0.2) is 0 Å². The van der Waals surface area contributed by atoms with Crippen LogP contribution in [0.1, 0.15) is 13.8 Å². The lowest BCUT2D eigenvalue weighted by molar-refractivity contribution is -0.417. The number of ether oxygens (including phenoxy) is 1. The van der Waals surface area contributed by atoms with Crippen molar-refractivity contribution in [2.24, 2.45) is 5.92 Å². The highest BCUT2D eigenvalue weighted by atomic mass is 28.4. The summed E-state index contributed by atoms with van der Waals surface area (Å²) in [6, 6.07) is 0.681. The van der Waals surface area contributed by atoms with Gasteiger partial charge >= 0.3 is 0 Å². The Morgan fingerprint density at radius 2 is 1.39 bits per heavy atom. The van der Waals surface area contributed by atoms with Crippen molar-refractivity contribution in [1.29, 1.82) is 0 Å². The molecule has 0 amide bonds. The van der Waals surface area contributed by atoms with Gasteiger partial charge in [0.15, 0.2) is 8.32 Å². The Kier molecular flexibility index (Phi) is 6.72. The maximum atomic E-state index is 10.2. The van der Waals surface area contributed by atoms with Gasteiger partial charge in [-0.15, -0.1) is 0 Å². The Morgan fingerprint density at radius 1 is 0.957 bits per heavy atom. The van der Waals surface area contributed by atoms with Crippen LogP contribution in [0.15, 0.2) is 0 Å². The van der Waals surface area contributed by atoms with Gasteiger partial charge in [-0.3, -0.25) is 4.74 Å². The third-order valence-corrected chi connectivity index (χ3v) is 6.44. The van der Waals surface area contributed by atoms with Gasteiger partial charge in [0, 0.05) is 0 Å². The summed E-state index contributed by atoms with van der Waals surface area (Å²) < 4.78 is 10.2.